The lowest BCUT2D eigenvalue weighted by atomic mass is 10.1. The van der Waals surface area contributed by atoms with Crippen LogP contribution in [0.15, 0.2) is 18.0 Å². The third-order valence-electron chi connectivity index (χ3n) is 2.56. The van der Waals surface area contributed by atoms with Crippen LogP contribution in [0.3, 0.4) is 0 Å². The number of hydrogen-bond donors (Lipinski definition) is 0. The second kappa shape index (κ2) is 3.77. The monoisotopic (exact) mass is 176 g/mol. The predicted molar refractivity (Wildman–Crippen MR) is 54.3 cm³/mol. The molecule has 0 N–H and O–H groups in total. The lowest BCUT2D eigenvalue weighted by Crippen LogP contribution is -1.93. The number of fused-ring (bicyclic) bond motifs is 1. The predicted octanol–water partition coefficient (Wildman–Crippen LogP) is 2.86. The summed E-state index contributed by atoms with van der Waals surface area (Å²) >= 11 is 0. The van der Waals surface area contributed by atoms with Crippen molar-refractivity contribution in [3.8, 4) is 0 Å². The largest absolute Gasteiger partial charge is 0.327 e. The SMILES string of the molecule is CCCCCC1=Cc2nccn2C1. The van der Waals surface area contributed by atoms with Crippen LogP contribution < -0.4 is 0 Å². The van der Waals surface area contributed by atoms with E-state index in [-0.39, 0.29) is 0 Å². The first-order chi connectivity index (χ1) is 6.40. The minimum atomic E-state index is 1.07. The third-order valence-corrected chi connectivity index (χ3v) is 2.56. The van der Waals surface area contributed by atoms with Crippen molar-refractivity contribution in [3.63, 3.8) is 0 Å². The van der Waals surface area contributed by atoms with Crippen molar-refractivity contribution < 1.29 is 0 Å². The van der Waals surface area contributed by atoms with Crippen LogP contribution in [0, 0.1) is 0 Å². The Labute approximate surface area is 79.3 Å². The number of allylic oxidation sites excluding steroid dienone is 1. The Balaban J connectivity index is 1.88. The molecule has 0 radical (unpaired) electrons. The molecule has 0 amide bonds. The fraction of sp³-hybridized carbons (Fsp3) is 0.545. The third kappa shape index (κ3) is 1.82. The molecule has 0 unspecified atom stereocenters. The highest BCUT2D eigenvalue weighted by molar-refractivity contribution is 5.49. The van der Waals surface area contributed by atoms with Crippen molar-refractivity contribution in [3.05, 3.63) is 23.8 Å². The number of unbranched alkanes of at least 4 members (excludes halogenated alkanes) is 2. The molecule has 0 fully saturated rings. The average Bonchev–Trinajstić information content (AvgIpc) is 2.64. The molecule has 2 heteroatoms. The van der Waals surface area contributed by atoms with E-state index in [1.165, 1.54) is 31.3 Å². The highest BCUT2D eigenvalue weighted by Gasteiger charge is 2.10. The lowest BCUT2D eigenvalue weighted by molar-refractivity contribution is 0.683. The Hall–Kier alpha value is -1.05. The highest BCUT2D eigenvalue weighted by Crippen LogP contribution is 2.21. The average molecular weight is 176 g/mol. The fourth-order valence-corrected chi connectivity index (χ4v) is 1.79. The molecule has 13 heavy (non-hydrogen) atoms. The molecule has 2 nitrogen and oxygen atoms in total. The first-order valence-electron chi connectivity index (χ1n) is 5.10. The van der Waals surface area contributed by atoms with Crippen molar-refractivity contribution in [2.24, 2.45) is 0 Å². The van der Waals surface area contributed by atoms with Crippen molar-refractivity contribution in [1.29, 1.82) is 0 Å². The molecule has 1 aromatic rings. The summed E-state index contributed by atoms with van der Waals surface area (Å²) in [5.74, 6) is 1.13. The minimum Gasteiger partial charge on any atom is -0.327 e. The molecule has 0 spiro atoms. The molecule has 1 aliphatic rings. The molecule has 0 saturated heterocycles. The van der Waals surface area contributed by atoms with Crippen LogP contribution in [-0.2, 0) is 6.54 Å². The van der Waals surface area contributed by atoms with Crippen LogP contribution in [-0.4, -0.2) is 9.55 Å². The molecule has 2 heterocycles. The van der Waals surface area contributed by atoms with Crippen LogP contribution in [0.2, 0.25) is 0 Å². The highest BCUT2D eigenvalue weighted by atomic mass is 15.1. The van der Waals surface area contributed by atoms with Crippen molar-refractivity contribution >= 4 is 6.08 Å². The summed E-state index contributed by atoms with van der Waals surface area (Å²) in [6, 6.07) is 0. The summed E-state index contributed by atoms with van der Waals surface area (Å²) in [5.41, 5.74) is 1.54. The van der Waals surface area contributed by atoms with Crippen molar-refractivity contribution in [2.75, 3.05) is 0 Å². The van der Waals surface area contributed by atoms with Crippen molar-refractivity contribution in [1.82, 2.24) is 9.55 Å². The number of nitrogens with zero attached hydrogens (tertiary/aromatic N) is 2. The van der Waals surface area contributed by atoms with E-state index in [0.29, 0.717) is 0 Å². The first kappa shape index (κ1) is 8.54. The molecular weight excluding hydrogens is 160 g/mol. The quantitative estimate of drug-likeness (QED) is 0.645. The first-order valence-corrected chi connectivity index (χ1v) is 5.10. The van der Waals surface area contributed by atoms with Crippen LogP contribution in [0.1, 0.15) is 38.4 Å². The molecule has 0 saturated carbocycles. The smallest absolute Gasteiger partial charge is 0.132 e. The minimum absolute atomic E-state index is 1.07. The van der Waals surface area contributed by atoms with Gasteiger partial charge in [0.05, 0.1) is 0 Å². The summed E-state index contributed by atoms with van der Waals surface area (Å²) in [5, 5.41) is 0. The van der Waals surface area contributed by atoms with Gasteiger partial charge in [0.1, 0.15) is 5.82 Å². The van der Waals surface area contributed by atoms with Gasteiger partial charge < -0.3 is 4.57 Å². The standard InChI is InChI=1S/C11H16N2/c1-2-3-4-5-10-8-11-12-6-7-13(11)9-10/h6-8H,2-5,9H2,1H3. The molecular formula is C11H16N2. The van der Waals surface area contributed by atoms with Crippen LogP contribution >= 0.6 is 0 Å². The maximum atomic E-state index is 4.26. The summed E-state index contributed by atoms with van der Waals surface area (Å²) in [7, 11) is 0. The topological polar surface area (TPSA) is 17.8 Å². The molecule has 0 aromatic carbocycles. The summed E-state index contributed by atoms with van der Waals surface area (Å²) in [6.45, 7) is 3.31. The van der Waals surface area contributed by atoms with E-state index < -0.39 is 0 Å². The molecule has 0 bridgehead atoms. The maximum Gasteiger partial charge on any atom is 0.132 e. The number of rotatable bonds is 4. The summed E-state index contributed by atoms with van der Waals surface area (Å²) in [6.07, 6.45) is 11.4. The van der Waals surface area contributed by atoms with Crippen molar-refractivity contribution in [2.45, 2.75) is 39.2 Å². The Morgan fingerprint density at radius 2 is 2.38 bits per heavy atom. The Morgan fingerprint density at radius 3 is 3.15 bits per heavy atom. The Kier molecular flexibility index (Phi) is 2.48. The zero-order chi connectivity index (χ0) is 9.10. The van der Waals surface area contributed by atoms with Gasteiger partial charge in [0.15, 0.2) is 0 Å². The second-order valence-electron chi connectivity index (χ2n) is 3.67. The molecule has 70 valence electrons. The Morgan fingerprint density at radius 1 is 1.46 bits per heavy atom. The van der Waals surface area contributed by atoms with E-state index in [0.717, 1.165) is 12.4 Å². The van der Waals surface area contributed by atoms with E-state index in [9.17, 15) is 0 Å². The maximum absolute atomic E-state index is 4.26. The molecule has 0 atom stereocenters. The van der Waals surface area contributed by atoms with Gasteiger partial charge in [-0.3, -0.25) is 0 Å². The van der Waals surface area contributed by atoms with E-state index >= 15 is 0 Å². The number of hydrogen-bond acceptors (Lipinski definition) is 1. The lowest BCUT2D eigenvalue weighted by Gasteiger charge is -2.00. The molecule has 2 rings (SSSR count). The van der Waals surface area contributed by atoms with Crippen LogP contribution in [0.25, 0.3) is 6.08 Å². The van der Waals surface area contributed by atoms with Gasteiger partial charge in [-0.2, -0.15) is 0 Å². The molecule has 1 aromatic heterocycles. The van der Waals surface area contributed by atoms with E-state index in [2.05, 4.69) is 28.7 Å². The van der Waals surface area contributed by atoms with Crippen LogP contribution in [0.5, 0.6) is 0 Å². The Bertz CT molecular complexity index is 310. The normalized spacial score (nSPS) is 14.4. The van der Waals surface area contributed by atoms with Gasteiger partial charge in [-0.05, 0) is 24.5 Å². The molecule has 0 aliphatic carbocycles. The van der Waals surface area contributed by atoms with E-state index in [1.807, 2.05) is 6.20 Å². The second-order valence-corrected chi connectivity index (χ2v) is 3.67. The van der Waals surface area contributed by atoms with E-state index in [1.54, 1.807) is 0 Å². The number of aromatic nitrogens is 2. The van der Waals surface area contributed by atoms with Gasteiger partial charge in [0, 0.05) is 18.9 Å². The molecule has 1 aliphatic heterocycles. The zero-order valence-electron chi connectivity index (χ0n) is 8.16. The van der Waals surface area contributed by atoms with Gasteiger partial charge >= 0.3 is 0 Å². The van der Waals surface area contributed by atoms with Gasteiger partial charge in [-0.25, -0.2) is 4.98 Å². The van der Waals surface area contributed by atoms with Gasteiger partial charge in [0.2, 0.25) is 0 Å². The van der Waals surface area contributed by atoms with Crippen LogP contribution in [0.4, 0.5) is 0 Å². The van der Waals surface area contributed by atoms with Gasteiger partial charge in [-0.15, -0.1) is 0 Å². The fourth-order valence-electron chi connectivity index (χ4n) is 1.79. The zero-order valence-corrected chi connectivity index (χ0v) is 8.16. The van der Waals surface area contributed by atoms with Gasteiger partial charge in [0.25, 0.3) is 0 Å². The van der Waals surface area contributed by atoms with Gasteiger partial charge in [-0.1, -0.05) is 19.8 Å². The summed E-state index contributed by atoms with van der Waals surface area (Å²) in [4.78, 5) is 4.26. The number of imidazole rings is 1. The van der Waals surface area contributed by atoms with E-state index in [4.69, 9.17) is 0 Å². The summed E-state index contributed by atoms with van der Waals surface area (Å²) < 4.78 is 2.21.